The number of carbonyl (C=O) groups is 2. The van der Waals surface area contributed by atoms with Crippen molar-refractivity contribution in [1.82, 2.24) is 5.32 Å². The molecule has 0 saturated heterocycles. The van der Waals surface area contributed by atoms with Gasteiger partial charge in [-0.1, -0.05) is 23.2 Å². The third-order valence-corrected chi connectivity index (χ3v) is 4.57. The van der Waals surface area contributed by atoms with Crippen molar-refractivity contribution < 1.29 is 19.4 Å². The van der Waals surface area contributed by atoms with Gasteiger partial charge < -0.3 is 15.2 Å². The predicted octanol–water partition coefficient (Wildman–Crippen LogP) is 3.92. The maximum Gasteiger partial charge on any atom is 0.313 e. The molecule has 25 heavy (non-hydrogen) atoms. The molecule has 2 unspecified atom stereocenters. The summed E-state index contributed by atoms with van der Waals surface area (Å²) in [5.74, 6) is -2.01. The molecular weight excluding hydrogens is 365 g/mol. The van der Waals surface area contributed by atoms with Crippen molar-refractivity contribution >= 4 is 35.1 Å². The molecule has 0 radical (unpaired) electrons. The fraction of sp³-hybridized carbons (Fsp3) is 0.333. The van der Waals surface area contributed by atoms with Crippen LogP contribution >= 0.6 is 23.2 Å². The maximum absolute atomic E-state index is 12.6. The highest BCUT2D eigenvalue weighted by Crippen LogP contribution is 2.37. The van der Waals surface area contributed by atoms with Gasteiger partial charge in [0, 0.05) is 15.6 Å². The lowest BCUT2D eigenvalue weighted by molar-refractivity contribution is -0.141. The van der Waals surface area contributed by atoms with Crippen LogP contribution in [0.4, 0.5) is 0 Å². The fourth-order valence-corrected chi connectivity index (χ4v) is 3.09. The number of carboxylic acid groups (broad SMARTS) is 1. The van der Waals surface area contributed by atoms with Crippen LogP contribution in [-0.2, 0) is 4.79 Å². The number of benzene rings is 1. The van der Waals surface area contributed by atoms with Gasteiger partial charge in [-0.15, -0.1) is 0 Å². The highest BCUT2D eigenvalue weighted by molar-refractivity contribution is 6.36. The van der Waals surface area contributed by atoms with Gasteiger partial charge in [-0.05, 0) is 57.2 Å². The van der Waals surface area contributed by atoms with Gasteiger partial charge in [-0.25, -0.2) is 0 Å². The van der Waals surface area contributed by atoms with Gasteiger partial charge in [0.15, 0.2) is 0 Å². The van der Waals surface area contributed by atoms with Gasteiger partial charge >= 0.3 is 5.97 Å². The molecule has 0 heterocycles. The molecule has 2 rings (SSSR count). The summed E-state index contributed by atoms with van der Waals surface area (Å²) in [6.07, 6.45) is 2.82. The Morgan fingerprint density at radius 2 is 1.84 bits per heavy atom. The normalized spacial score (nSPS) is 22.9. The molecule has 1 aliphatic rings. The molecule has 0 aliphatic heterocycles. The van der Waals surface area contributed by atoms with E-state index < -0.39 is 23.3 Å². The predicted molar refractivity (Wildman–Crippen MR) is 97.1 cm³/mol. The molecule has 1 aromatic carbocycles. The Morgan fingerprint density at radius 3 is 2.36 bits per heavy atom. The molecule has 0 saturated carbocycles. The van der Waals surface area contributed by atoms with Crippen molar-refractivity contribution in [3.8, 4) is 5.75 Å². The van der Waals surface area contributed by atoms with E-state index in [-0.39, 0.29) is 16.2 Å². The lowest BCUT2D eigenvalue weighted by Gasteiger charge is -2.36. The van der Waals surface area contributed by atoms with E-state index in [0.717, 1.165) is 0 Å². The number of rotatable bonds is 5. The van der Waals surface area contributed by atoms with E-state index in [1.165, 1.54) is 12.2 Å². The molecule has 0 fully saturated rings. The minimum Gasteiger partial charge on any atom is -0.491 e. The molecule has 1 aromatic rings. The molecule has 1 aliphatic carbocycles. The molecule has 134 valence electrons. The quantitative estimate of drug-likeness (QED) is 0.807. The second-order valence-corrected chi connectivity index (χ2v) is 7.05. The zero-order valence-corrected chi connectivity index (χ0v) is 15.6. The first-order valence-electron chi connectivity index (χ1n) is 7.70. The molecule has 0 aromatic heterocycles. The van der Waals surface area contributed by atoms with E-state index in [2.05, 4.69) is 5.32 Å². The maximum atomic E-state index is 12.6. The minimum absolute atomic E-state index is 0.0256. The van der Waals surface area contributed by atoms with Crippen LogP contribution in [-0.4, -0.2) is 28.6 Å². The number of carboxylic acids is 1. The number of hydrogen-bond acceptors (Lipinski definition) is 3. The van der Waals surface area contributed by atoms with Crippen molar-refractivity contribution in [3.05, 3.63) is 52.0 Å². The zero-order valence-electron chi connectivity index (χ0n) is 14.0. The summed E-state index contributed by atoms with van der Waals surface area (Å²) < 4.78 is 5.53. The summed E-state index contributed by atoms with van der Waals surface area (Å²) in [6.45, 7) is 5.37. The van der Waals surface area contributed by atoms with Crippen molar-refractivity contribution in [2.75, 3.05) is 0 Å². The third kappa shape index (κ3) is 4.35. The lowest BCUT2D eigenvalue weighted by atomic mass is 9.81. The van der Waals surface area contributed by atoms with Crippen LogP contribution < -0.4 is 10.1 Å². The van der Waals surface area contributed by atoms with Crippen molar-refractivity contribution in [3.63, 3.8) is 0 Å². The smallest absolute Gasteiger partial charge is 0.313 e. The Bertz CT molecular complexity index is 740. The molecule has 7 heteroatoms. The van der Waals surface area contributed by atoms with E-state index >= 15 is 0 Å². The summed E-state index contributed by atoms with van der Waals surface area (Å²) in [6, 6.07) is 6.58. The van der Waals surface area contributed by atoms with Crippen molar-refractivity contribution in [2.24, 2.45) is 5.92 Å². The summed E-state index contributed by atoms with van der Waals surface area (Å²) in [5.41, 5.74) is -0.928. The molecule has 1 amide bonds. The van der Waals surface area contributed by atoms with Gasteiger partial charge in [0.05, 0.1) is 11.6 Å². The number of aliphatic carboxylic acids is 1. The number of allylic oxidation sites excluding steroid dienone is 2. The minimum atomic E-state index is -1.30. The first kappa shape index (κ1) is 19.3. The fourth-order valence-electron chi connectivity index (χ4n) is 2.51. The number of halogens is 2. The summed E-state index contributed by atoms with van der Waals surface area (Å²) in [5, 5.41) is 12.5. The van der Waals surface area contributed by atoms with Gasteiger partial charge in [0.25, 0.3) is 5.91 Å². The molecule has 5 nitrogen and oxygen atoms in total. The molecule has 2 atom stereocenters. The van der Waals surface area contributed by atoms with Crippen LogP contribution in [0.2, 0.25) is 0 Å². The lowest BCUT2D eigenvalue weighted by Crippen LogP contribution is -2.54. The van der Waals surface area contributed by atoms with Crippen LogP contribution in [0.15, 0.2) is 46.5 Å². The number of ether oxygens (including phenoxy) is 1. The first-order chi connectivity index (χ1) is 11.6. The van der Waals surface area contributed by atoms with E-state index in [1.807, 2.05) is 13.8 Å². The first-order valence-corrected chi connectivity index (χ1v) is 8.46. The monoisotopic (exact) mass is 383 g/mol. The van der Waals surface area contributed by atoms with Crippen molar-refractivity contribution in [1.29, 1.82) is 0 Å². The number of nitrogens with one attached hydrogen (secondary N) is 1. The second kappa shape index (κ2) is 7.50. The molecular formula is C18H19Cl2NO4. The van der Waals surface area contributed by atoms with Crippen LogP contribution in [0.25, 0.3) is 0 Å². The zero-order chi connectivity index (χ0) is 18.8. The van der Waals surface area contributed by atoms with Gasteiger partial charge in [0.2, 0.25) is 0 Å². The number of hydrogen-bond donors (Lipinski definition) is 2. The van der Waals surface area contributed by atoms with Crippen LogP contribution in [0, 0.1) is 5.92 Å². The highest BCUT2D eigenvalue weighted by Gasteiger charge is 2.44. The Morgan fingerprint density at radius 1 is 1.24 bits per heavy atom. The molecule has 0 bridgehead atoms. The van der Waals surface area contributed by atoms with E-state index in [4.69, 9.17) is 27.9 Å². The summed E-state index contributed by atoms with van der Waals surface area (Å²) >= 11 is 12.1. The third-order valence-electron chi connectivity index (χ3n) is 3.84. The number of carbonyl (C=O) groups excluding carboxylic acids is 1. The second-order valence-electron chi connectivity index (χ2n) is 6.21. The largest absolute Gasteiger partial charge is 0.491 e. The van der Waals surface area contributed by atoms with Crippen molar-refractivity contribution in [2.45, 2.75) is 32.4 Å². The Balaban J connectivity index is 2.23. The Kier molecular flexibility index (Phi) is 5.80. The van der Waals surface area contributed by atoms with Gasteiger partial charge in [-0.3, -0.25) is 9.59 Å². The standard InChI is InChI=1S/C18H19Cl2NO4/c1-10(2)25-13-6-4-11(5-7-13)16(22)21-18(3)14(17(23)24)8-12(19)9-15(18)20/h4-10,14H,1-3H3,(H,21,22)(H,23,24). The Hall–Kier alpha value is -1.98. The topological polar surface area (TPSA) is 75.6 Å². The number of amides is 1. The Labute approximate surface area is 156 Å². The highest BCUT2D eigenvalue weighted by atomic mass is 35.5. The van der Waals surface area contributed by atoms with E-state index in [9.17, 15) is 14.7 Å². The van der Waals surface area contributed by atoms with Crippen LogP contribution in [0.1, 0.15) is 31.1 Å². The van der Waals surface area contributed by atoms with Gasteiger partial charge in [0.1, 0.15) is 11.7 Å². The molecule has 0 spiro atoms. The SMILES string of the molecule is CC(C)Oc1ccc(C(=O)NC2(C)C(Cl)=CC(Cl)=CC2C(=O)O)cc1. The van der Waals surface area contributed by atoms with E-state index in [0.29, 0.717) is 11.3 Å². The average Bonchev–Trinajstić information content (AvgIpc) is 2.51. The summed E-state index contributed by atoms with van der Waals surface area (Å²) in [4.78, 5) is 24.1. The summed E-state index contributed by atoms with van der Waals surface area (Å²) in [7, 11) is 0. The van der Waals surface area contributed by atoms with Gasteiger partial charge in [-0.2, -0.15) is 0 Å². The average molecular weight is 384 g/mol. The molecule has 2 N–H and O–H groups in total. The van der Waals surface area contributed by atoms with Crippen LogP contribution in [0.5, 0.6) is 5.75 Å². The van der Waals surface area contributed by atoms with Crippen LogP contribution in [0.3, 0.4) is 0 Å². The van der Waals surface area contributed by atoms with E-state index in [1.54, 1.807) is 31.2 Å².